The minimum absolute atomic E-state index is 0.375. The average Bonchev–Trinajstić information content (AvgIpc) is 2.98. The summed E-state index contributed by atoms with van der Waals surface area (Å²) in [6.07, 6.45) is 1.65. The Kier molecular flexibility index (Phi) is 3.86. The van der Waals surface area contributed by atoms with Crippen LogP contribution in [0.5, 0.6) is 0 Å². The molecule has 0 atom stereocenters. The smallest absolute Gasteiger partial charge is 0.406 e. The number of pyridine rings is 1. The van der Waals surface area contributed by atoms with E-state index >= 15 is 0 Å². The van der Waals surface area contributed by atoms with E-state index in [1.165, 1.54) is 4.57 Å². The van der Waals surface area contributed by atoms with E-state index in [4.69, 9.17) is 16.0 Å². The minimum Gasteiger partial charge on any atom is -0.406 e. The Morgan fingerprint density at radius 3 is 3.10 bits per heavy atom. The lowest BCUT2D eigenvalue weighted by Gasteiger charge is -2.03. The van der Waals surface area contributed by atoms with Gasteiger partial charge in [0.25, 0.3) is 0 Å². The molecule has 0 spiro atoms. The number of oxazole rings is 1. The molecular formula is C13H12ClN3O2S. The zero-order valence-electron chi connectivity index (χ0n) is 10.5. The highest BCUT2D eigenvalue weighted by molar-refractivity contribution is 7.16. The van der Waals surface area contributed by atoms with E-state index in [-0.39, 0.29) is 5.76 Å². The molecule has 0 saturated carbocycles. The van der Waals surface area contributed by atoms with Crippen LogP contribution in [-0.2, 0) is 13.1 Å². The fourth-order valence-corrected chi connectivity index (χ4v) is 3.00. The first-order valence-corrected chi connectivity index (χ1v) is 7.33. The van der Waals surface area contributed by atoms with Gasteiger partial charge in [-0.1, -0.05) is 11.6 Å². The third-order valence-corrected chi connectivity index (χ3v) is 4.10. The molecule has 0 aliphatic rings. The van der Waals surface area contributed by atoms with Crippen LogP contribution in [0.25, 0.3) is 11.2 Å². The third-order valence-electron chi connectivity index (χ3n) is 2.86. The van der Waals surface area contributed by atoms with Crippen LogP contribution in [-0.4, -0.2) is 16.1 Å². The topological polar surface area (TPSA) is 60.1 Å². The monoisotopic (exact) mass is 309 g/mol. The van der Waals surface area contributed by atoms with E-state index in [2.05, 4.69) is 10.3 Å². The van der Waals surface area contributed by atoms with E-state index in [1.807, 2.05) is 12.1 Å². The standard InChI is InChI=1S/C13H12ClN3O2S/c14-11-4-3-9(20-11)8-15-6-7-17-12-10(19-13(17)18)2-1-5-16-12/h1-5,15H,6-8H2. The van der Waals surface area contributed by atoms with Crippen LogP contribution < -0.4 is 11.1 Å². The van der Waals surface area contributed by atoms with Gasteiger partial charge < -0.3 is 9.73 Å². The molecule has 3 aromatic heterocycles. The number of hydrogen-bond acceptors (Lipinski definition) is 5. The first kappa shape index (κ1) is 13.4. The lowest BCUT2D eigenvalue weighted by Crippen LogP contribution is -2.24. The minimum atomic E-state index is -0.375. The molecule has 0 saturated heterocycles. The van der Waals surface area contributed by atoms with Crippen molar-refractivity contribution in [2.45, 2.75) is 13.1 Å². The Morgan fingerprint density at radius 1 is 1.40 bits per heavy atom. The van der Waals surface area contributed by atoms with Crippen molar-refractivity contribution in [3.05, 3.63) is 50.2 Å². The maximum Gasteiger partial charge on any atom is 0.421 e. The molecule has 0 unspecified atom stereocenters. The largest absolute Gasteiger partial charge is 0.421 e. The zero-order valence-corrected chi connectivity index (χ0v) is 12.1. The molecule has 0 aliphatic heterocycles. The first-order chi connectivity index (χ1) is 9.74. The molecule has 3 aromatic rings. The van der Waals surface area contributed by atoms with Crippen molar-refractivity contribution in [1.29, 1.82) is 0 Å². The number of aromatic nitrogens is 2. The van der Waals surface area contributed by atoms with Crippen LogP contribution in [0.3, 0.4) is 0 Å². The van der Waals surface area contributed by atoms with E-state index in [1.54, 1.807) is 29.7 Å². The van der Waals surface area contributed by atoms with Crippen LogP contribution in [0.1, 0.15) is 4.88 Å². The maximum absolute atomic E-state index is 11.7. The number of fused-ring (bicyclic) bond motifs is 1. The van der Waals surface area contributed by atoms with Crippen molar-refractivity contribution < 1.29 is 4.42 Å². The van der Waals surface area contributed by atoms with E-state index < -0.39 is 0 Å². The molecule has 0 amide bonds. The van der Waals surface area contributed by atoms with E-state index in [9.17, 15) is 4.79 Å². The molecule has 0 fully saturated rings. The molecule has 0 aliphatic carbocycles. The molecular weight excluding hydrogens is 298 g/mol. The van der Waals surface area contributed by atoms with Gasteiger partial charge in [-0.15, -0.1) is 11.3 Å². The van der Waals surface area contributed by atoms with Gasteiger partial charge >= 0.3 is 5.76 Å². The summed E-state index contributed by atoms with van der Waals surface area (Å²) in [5, 5.41) is 3.27. The normalized spacial score (nSPS) is 11.2. The second-order valence-corrected chi connectivity index (χ2v) is 6.03. The average molecular weight is 310 g/mol. The van der Waals surface area contributed by atoms with Crippen molar-refractivity contribution in [3.8, 4) is 0 Å². The lowest BCUT2D eigenvalue weighted by molar-refractivity contribution is 0.494. The van der Waals surface area contributed by atoms with Crippen LogP contribution in [0, 0.1) is 0 Å². The van der Waals surface area contributed by atoms with Crippen molar-refractivity contribution >= 4 is 34.2 Å². The Hall–Kier alpha value is -1.63. The number of nitrogens with zero attached hydrogens (tertiary/aromatic N) is 2. The summed E-state index contributed by atoms with van der Waals surface area (Å²) in [7, 11) is 0. The molecule has 7 heteroatoms. The van der Waals surface area contributed by atoms with Gasteiger partial charge in [0.1, 0.15) is 0 Å². The van der Waals surface area contributed by atoms with Crippen molar-refractivity contribution in [3.63, 3.8) is 0 Å². The van der Waals surface area contributed by atoms with E-state index in [0.717, 1.165) is 15.8 Å². The summed E-state index contributed by atoms with van der Waals surface area (Å²) in [4.78, 5) is 17.1. The summed E-state index contributed by atoms with van der Waals surface area (Å²) in [5.41, 5.74) is 1.10. The molecule has 5 nitrogen and oxygen atoms in total. The fourth-order valence-electron chi connectivity index (χ4n) is 1.95. The summed E-state index contributed by atoms with van der Waals surface area (Å²) in [6, 6.07) is 7.35. The summed E-state index contributed by atoms with van der Waals surface area (Å²) in [5.74, 6) is -0.375. The fraction of sp³-hybridized carbons (Fsp3) is 0.231. The Morgan fingerprint density at radius 2 is 2.30 bits per heavy atom. The molecule has 0 aromatic carbocycles. The third kappa shape index (κ3) is 2.77. The second kappa shape index (κ2) is 5.78. The number of hydrogen-bond donors (Lipinski definition) is 1. The van der Waals surface area contributed by atoms with Crippen molar-refractivity contribution in [2.24, 2.45) is 0 Å². The van der Waals surface area contributed by atoms with Crippen LogP contribution in [0.4, 0.5) is 0 Å². The van der Waals surface area contributed by atoms with Crippen LogP contribution in [0.15, 0.2) is 39.7 Å². The van der Waals surface area contributed by atoms with Gasteiger partial charge in [-0.25, -0.2) is 9.78 Å². The van der Waals surface area contributed by atoms with Gasteiger partial charge in [-0.05, 0) is 24.3 Å². The van der Waals surface area contributed by atoms with Crippen LogP contribution >= 0.6 is 22.9 Å². The molecule has 3 rings (SSSR count). The number of nitrogens with one attached hydrogen (secondary N) is 1. The molecule has 0 radical (unpaired) electrons. The molecule has 1 N–H and O–H groups in total. The van der Waals surface area contributed by atoms with Gasteiger partial charge in [0.15, 0.2) is 11.2 Å². The number of rotatable bonds is 5. The highest BCUT2D eigenvalue weighted by atomic mass is 35.5. The molecule has 20 heavy (non-hydrogen) atoms. The Bertz CT molecular complexity index is 777. The quantitative estimate of drug-likeness (QED) is 0.736. The summed E-state index contributed by atoms with van der Waals surface area (Å²) in [6.45, 7) is 1.90. The summed E-state index contributed by atoms with van der Waals surface area (Å²) >= 11 is 7.41. The zero-order chi connectivity index (χ0) is 13.9. The van der Waals surface area contributed by atoms with E-state index in [0.29, 0.717) is 24.3 Å². The lowest BCUT2D eigenvalue weighted by atomic mass is 10.4. The second-order valence-electron chi connectivity index (χ2n) is 4.23. The van der Waals surface area contributed by atoms with Gasteiger partial charge in [0.2, 0.25) is 0 Å². The molecule has 0 bridgehead atoms. The van der Waals surface area contributed by atoms with Gasteiger partial charge in [-0.2, -0.15) is 0 Å². The highest BCUT2D eigenvalue weighted by Gasteiger charge is 2.08. The van der Waals surface area contributed by atoms with Gasteiger partial charge in [-0.3, -0.25) is 4.57 Å². The molecule has 3 heterocycles. The van der Waals surface area contributed by atoms with Crippen LogP contribution in [0.2, 0.25) is 4.34 Å². The first-order valence-electron chi connectivity index (χ1n) is 6.13. The number of thiophene rings is 1. The molecule has 104 valence electrons. The maximum atomic E-state index is 11.7. The highest BCUT2D eigenvalue weighted by Crippen LogP contribution is 2.20. The number of halogens is 1. The van der Waals surface area contributed by atoms with Gasteiger partial charge in [0.05, 0.1) is 4.34 Å². The van der Waals surface area contributed by atoms with Crippen molar-refractivity contribution in [2.75, 3.05) is 6.54 Å². The predicted octanol–water partition coefficient (Wildman–Crippen LogP) is 2.49. The Balaban J connectivity index is 1.62. The summed E-state index contributed by atoms with van der Waals surface area (Å²) < 4.78 is 7.43. The predicted molar refractivity (Wildman–Crippen MR) is 79.3 cm³/mol. The Labute approximate surface area is 123 Å². The van der Waals surface area contributed by atoms with Crippen molar-refractivity contribution in [1.82, 2.24) is 14.9 Å². The van der Waals surface area contributed by atoms with Gasteiger partial charge in [0, 0.05) is 30.7 Å². The SMILES string of the molecule is O=c1oc2cccnc2n1CCNCc1ccc(Cl)s1.